The Morgan fingerprint density at radius 1 is 0.724 bits per heavy atom. The number of para-hydroxylation sites is 1. The Morgan fingerprint density at radius 3 is 1.83 bits per heavy atom. The van der Waals surface area contributed by atoms with E-state index in [0.29, 0.717) is 18.4 Å². The highest BCUT2D eigenvalue weighted by atomic mass is 16.5. The lowest BCUT2D eigenvalue weighted by Gasteiger charge is -2.41. The van der Waals surface area contributed by atoms with Gasteiger partial charge in [0.15, 0.2) is 0 Å². The molecule has 0 spiro atoms. The van der Waals surface area contributed by atoms with Crippen LogP contribution in [0.1, 0.15) is 25.7 Å². The largest absolute Gasteiger partial charge is 0.493 e. The van der Waals surface area contributed by atoms with Crippen molar-refractivity contribution in [3.63, 3.8) is 0 Å². The third-order valence-electron chi connectivity index (χ3n) is 12.6. The van der Waals surface area contributed by atoms with Crippen molar-refractivity contribution in [2.24, 2.45) is 88.3 Å². The minimum absolute atomic E-state index is 0.195. The quantitative estimate of drug-likeness (QED) is 0.710. The van der Waals surface area contributed by atoms with Crippen molar-refractivity contribution in [1.29, 1.82) is 0 Å². The minimum Gasteiger partial charge on any atom is -0.493 e. The van der Waals surface area contributed by atoms with Gasteiger partial charge in [0.2, 0.25) is 0 Å². The number of fused-ring (bicyclic) bond motifs is 4. The zero-order chi connectivity index (χ0) is 18.6. The molecule has 8 aliphatic carbocycles. The Balaban J connectivity index is 1.23. The summed E-state index contributed by atoms with van der Waals surface area (Å²) in [4.78, 5) is 13.2. The van der Waals surface area contributed by atoms with Gasteiger partial charge in [-0.05, 0) is 121 Å². The average Bonchev–Trinajstić information content (AvgIpc) is 3.53. The fraction of sp³-hybridized carbons (Fsp3) is 0.741. The molecular formula is C27H30O2. The van der Waals surface area contributed by atoms with E-state index in [1.807, 2.05) is 6.07 Å². The van der Waals surface area contributed by atoms with Crippen molar-refractivity contribution in [1.82, 2.24) is 0 Å². The Bertz CT molecular complexity index is 878. The van der Waals surface area contributed by atoms with Gasteiger partial charge in [0, 0.05) is 0 Å². The molecule has 150 valence electrons. The lowest BCUT2D eigenvalue weighted by molar-refractivity contribution is -0.126. The van der Waals surface area contributed by atoms with Crippen LogP contribution in [-0.4, -0.2) is 12.9 Å². The van der Waals surface area contributed by atoms with Crippen LogP contribution in [0.2, 0.25) is 0 Å². The van der Waals surface area contributed by atoms with Gasteiger partial charge in [-0.15, -0.1) is 0 Å². The summed E-state index contributed by atoms with van der Waals surface area (Å²) in [5, 5.41) is 0. The molecule has 8 saturated carbocycles. The van der Waals surface area contributed by atoms with Crippen LogP contribution in [0, 0.1) is 88.3 Å². The van der Waals surface area contributed by atoms with Crippen LogP contribution in [-0.2, 0) is 4.79 Å². The topological polar surface area (TPSA) is 26.3 Å². The third kappa shape index (κ3) is 1.35. The van der Waals surface area contributed by atoms with Crippen molar-refractivity contribution in [2.45, 2.75) is 25.7 Å². The molecule has 0 saturated heterocycles. The van der Waals surface area contributed by atoms with Crippen LogP contribution in [0.3, 0.4) is 0 Å². The van der Waals surface area contributed by atoms with Crippen LogP contribution < -0.4 is 4.74 Å². The molecule has 0 heterocycles. The highest BCUT2D eigenvalue weighted by molar-refractivity contribution is 5.64. The number of carbonyl (C=O) groups excluding carboxylic acids is 1. The van der Waals surface area contributed by atoms with Gasteiger partial charge in [-0.3, -0.25) is 0 Å². The molecule has 0 N–H and O–H groups in total. The first-order valence-corrected chi connectivity index (χ1v) is 12.5. The zero-order valence-electron chi connectivity index (χ0n) is 16.9. The predicted molar refractivity (Wildman–Crippen MR) is 108 cm³/mol. The molecule has 1 aromatic rings. The first-order chi connectivity index (χ1) is 14.3. The molecule has 29 heavy (non-hydrogen) atoms. The normalized spacial score (nSPS) is 65.1. The highest BCUT2D eigenvalue weighted by Gasteiger charge is 2.87. The maximum Gasteiger partial charge on any atom is 0.130 e. The van der Waals surface area contributed by atoms with Gasteiger partial charge < -0.3 is 9.53 Å². The van der Waals surface area contributed by atoms with E-state index < -0.39 is 0 Å². The number of aldehydes is 1. The Kier molecular flexibility index (Phi) is 2.47. The van der Waals surface area contributed by atoms with Crippen LogP contribution >= 0.6 is 0 Å². The van der Waals surface area contributed by atoms with Gasteiger partial charge in [0.25, 0.3) is 0 Å². The second-order valence-electron chi connectivity index (χ2n) is 12.3. The van der Waals surface area contributed by atoms with Gasteiger partial charge in [-0.25, -0.2) is 0 Å². The van der Waals surface area contributed by atoms with E-state index in [4.69, 9.17) is 4.74 Å². The monoisotopic (exact) mass is 386 g/mol. The van der Waals surface area contributed by atoms with E-state index in [1.54, 1.807) is 0 Å². The summed E-state index contributed by atoms with van der Waals surface area (Å²) in [7, 11) is 0. The van der Waals surface area contributed by atoms with E-state index in [9.17, 15) is 4.79 Å². The Morgan fingerprint density at radius 2 is 1.24 bits per heavy atom. The molecule has 0 amide bonds. The molecule has 8 fully saturated rings. The summed E-state index contributed by atoms with van der Waals surface area (Å²) in [6.07, 6.45) is 7.28. The van der Waals surface area contributed by atoms with Crippen molar-refractivity contribution < 1.29 is 9.53 Å². The summed E-state index contributed by atoms with van der Waals surface area (Å²) in [5.41, 5.74) is -0.195. The van der Waals surface area contributed by atoms with Crippen molar-refractivity contribution in [3.8, 4) is 5.75 Å². The number of hydrogen-bond donors (Lipinski definition) is 0. The summed E-state index contributed by atoms with van der Waals surface area (Å²) in [5.74, 6) is 13.9. The molecular weight excluding hydrogens is 356 g/mol. The van der Waals surface area contributed by atoms with E-state index in [1.165, 1.54) is 32.0 Å². The average molecular weight is 387 g/mol. The zero-order valence-corrected chi connectivity index (χ0v) is 16.9. The molecule has 15 atom stereocenters. The smallest absolute Gasteiger partial charge is 0.130 e. The van der Waals surface area contributed by atoms with Crippen LogP contribution in [0.15, 0.2) is 30.3 Å². The maximum absolute atomic E-state index is 13.2. The molecule has 9 unspecified atom stereocenters. The Hall–Kier alpha value is -1.31. The lowest BCUT2D eigenvalue weighted by atomic mass is 9.63. The fourth-order valence-corrected chi connectivity index (χ4v) is 13.1. The van der Waals surface area contributed by atoms with Gasteiger partial charge in [-0.2, -0.15) is 0 Å². The predicted octanol–water partition coefficient (Wildman–Crippen LogP) is 4.55. The molecule has 0 radical (unpaired) electrons. The van der Waals surface area contributed by atoms with Gasteiger partial charge in [-0.1, -0.05) is 18.2 Å². The first kappa shape index (κ1) is 15.5. The van der Waals surface area contributed by atoms with Crippen LogP contribution in [0.25, 0.3) is 0 Å². The number of rotatable bonds is 4. The fourth-order valence-electron chi connectivity index (χ4n) is 13.1. The minimum atomic E-state index is -0.195. The van der Waals surface area contributed by atoms with Gasteiger partial charge in [0.1, 0.15) is 18.6 Å². The molecule has 0 aliphatic heterocycles. The van der Waals surface area contributed by atoms with Crippen LogP contribution in [0.4, 0.5) is 0 Å². The van der Waals surface area contributed by atoms with Gasteiger partial charge >= 0.3 is 0 Å². The van der Waals surface area contributed by atoms with Gasteiger partial charge in [0.05, 0.1) is 5.41 Å². The first-order valence-electron chi connectivity index (χ1n) is 12.5. The van der Waals surface area contributed by atoms with E-state index in [2.05, 4.69) is 24.3 Å². The highest BCUT2D eigenvalue weighted by Crippen LogP contribution is 2.90. The maximum atomic E-state index is 13.2. The molecule has 1 aromatic carbocycles. The number of carbonyl (C=O) groups is 1. The second kappa shape index (κ2) is 4.63. The molecule has 9 rings (SSSR count). The van der Waals surface area contributed by atoms with E-state index >= 15 is 0 Å². The molecule has 2 nitrogen and oxygen atoms in total. The molecule has 0 aromatic heterocycles. The third-order valence-corrected chi connectivity index (χ3v) is 12.6. The van der Waals surface area contributed by atoms with E-state index in [-0.39, 0.29) is 5.41 Å². The summed E-state index contributed by atoms with van der Waals surface area (Å²) >= 11 is 0. The number of hydrogen-bond acceptors (Lipinski definition) is 2. The lowest BCUT2D eigenvalue weighted by Crippen LogP contribution is -2.45. The van der Waals surface area contributed by atoms with Crippen LogP contribution in [0.5, 0.6) is 5.75 Å². The standard InChI is InChI=1S/C27H30O2/c28-10-27(11-29-12-4-2-1-3-5-12)25-15-8-6-13-17-14-7-9-16-19(14)22-20(17)21(18(13)15)23(25)24(22)26(16)27/h1-5,10,13-26H,6-9,11H2/t13-,14+,15?,16?,17?,18-,19+,20?,21?,22?,23?,24?,25-,26+,27?. The molecule has 0 bridgehead atoms. The second-order valence-corrected chi connectivity index (χ2v) is 12.3. The summed E-state index contributed by atoms with van der Waals surface area (Å²) < 4.78 is 6.46. The van der Waals surface area contributed by atoms with Crippen molar-refractivity contribution in [2.75, 3.05) is 6.61 Å². The molecule has 8 aliphatic rings. The van der Waals surface area contributed by atoms with Crippen molar-refractivity contribution in [3.05, 3.63) is 30.3 Å². The Labute approximate surface area is 172 Å². The number of benzene rings is 1. The molecule has 2 heteroatoms. The summed E-state index contributed by atoms with van der Waals surface area (Å²) in [6, 6.07) is 10.3. The summed E-state index contributed by atoms with van der Waals surface area (Å²) in [6.45, 7) is 0.651. The van der Waals surface area contributed by atoms with E-state index in [0.717, 1.165) is 76.8 Å². The SMILES string of the molecule is O=CC1(COc2ccccc2)[C@@H]2C3C4C5C6C3[C@H]1C1CC[C@H](C5[C@@H]3CCC2[C@@H]43)[C@@H]61. The number of ether oxygens (including phenoxy) is 1. The van der Waals surface area contributed by atoms with Crippen molar-refractivity contribution >= 4 is 6.29 Å².